The molecule has 0 aliphatic carbocycles. The number of benzene rings is 1. The molecule has 1 unspecified atom stereocenters. The van der Waals surface area contributed by atoms with Gasteiger partial charge in [0.25, 0.3) is 0 Å². The molecule has 3 heteroatoms. The second-order valence-electron chi connectivity index (χ2n) is 4.14. The zero-order valence-corrected chi connectivity index (χ0v) is 13.0. The molecular formula is C13H16Br2O. The molecule has 0 heterocycles. The summed E-state index contributed by atoms with van der Waals surface area (Å²) in [6.45, 7) is 6.11. The van der Waals surface area contributed by atoms with E-state index in [1.54, 1.807) is 0 Å². The Bertz CT molecular complexity index is 399. The molecule has 0 saturated carbocycles. The van der Waals surface area contributed by atoms with Crippen molar-refractivity contribution < 1.29 is 4.79 Å². The molecule has 0 fully saturated rings. The molecule has 1 aromatic rings. The minimum Gasteiger partial charge on any atom is -0.294 e. The van der Waals surface area contributed by atoms with Crippen LogP contribution in [0, 0.1) is 12.8 Å². The molecule has 1 atom stereocenters. The van der Waals surface area contributed by atoms with Crippen molar-refractivity contribution in [2.24, 2.45) is 5.92 Å². The monoisotopic (exact) mass is 346 g/mol. The van der Waals surface area contributed by atoms with E-state index in [1.807, 2.05) is 26.0 Å². The summed E-state index contributed by atoms with van der Waals surface area (Å²) >= 11 is 6.92. The smallest absolute Gasteiger partial charge is 0.166 e. The first-order chi connectivity index (χ1) is 7.47. The number of halogens is 2. The molecule has 0 radical (unpaired) electrons. The van der Waals surface area contributed by atoms with Crippen LogP contribution in [0.25, 0.3) is 0 Å². The largest absolute Gasteiger partial charge is 0.294 e. The lowest BCUT2D eigenvalue weighted by molar-refractivity contribution is 0.0922. The molecule has 0 bridgehead atoms. The summed E-state index contributed by atoms with van der Waals surface area (Å²) in [5.41, 5.74) is 1.91. The molecule has 0 aromatic heterocycles. The summed E-state index contributed by atoms with van der Waals surface area (Å²) in [7, 11) is 0. The molecule has 0 spiro atoms. The van der Waals surface area contributed by atoms with Crippen molar-refractivity contribution in [3.05, 3.63) is 32.2 Å². The standard InChI is InChI=1S/C13H16Br2O/c1-4-5-8(2)13(16)10-7-11(14)9(3)6-12(10)15/h6-8H,4-5H2,1-3H3. The zero-order valence-electron chi connectivity index (χ0n) is 9.81. The van der Waals surface area contributed by atoms with Gasteiger partial charge < -0.3 is 0 Å². The highest BCUT2D eigenvalue weighted by molar-refractivity contribution is 9.11. The Morgan fingerprint density at radius 3 is 2.50 bits per heavy atom. The Balaban J connectivity index is 3.04. The second kappa shape index (κ2) is 5.97. The van der Waals surface area contributed by atoms with E-state index in [9.17, 15) is 4.79 Å². The molecule has 1 nitrogen and oxygen atoms in total. The lowest BCUT2D eigenvalue weighted by atomic mass is 9.95. The third-order valence-corrected chi connectivity index (χ3v) is 4.19. The summed E-state index contributed by atoms with van der Waals surface area (Å²) in [6.07, 6.45) is 1.98. The van der Waals surface area contributed by atoms with Gasteiger partial charge in [-0.2, -0.15) is 0 Å². The topological polar surface area (TPSA) is 17.1 Å². The number of Topliss-reactive ketones (excluding diaryl/α,β-unsaturated/α-hetero) is 1. The number of hydrogen-bond acceptors (Lipinski definition) is 1. The minimum absolute atomic E-state index is 0.0934. The molecule has 16 heavy (non-hydrogen) atoms. The lowest BCUT2D eigenvalue weighted by Crippen LogP contribution is -2.12. The van der Waals surface area contributed by atoms with Crippen LogP contribution in [-0.4, -0.2) is 5.78 Å². The van der Waals surface area contributed by atoms with Crippen LogP contribution in [0.4, 0.5) is 0 Å². The molecule has 1 rings (SSSR count). The van der Waals surface area contributed by atoms with Crippen LogP contribution in [0.15, 0.2) is 21.1 Å². The van der Waals surface area contributed by atoms with Gasteiger partial charge in [0, 0.05) is 20.4 Å². The summed E-state index contributed by atoms with van der Waals surface area (Å²) in [5, 5.41) is 0. The van der Waals surface area contributed by atoms with Crippen molar-refractivity contribution in [2.75, 3.05) is 0 Å². The van der Waals surface area contributed by atoms with E-state index in [1.165, 1.54) is 0 Å². The van der Waals surface area contributed by atoms with E-state index in [-0.39, 0.29) is 11.7 Å². The molecule has 0 aliphatic rings. The maximum absolute atomic E-state index is 12.2. The van der Waals surface area contributed by atoms with E-state index in [0.717, 1.165) is 32.9 Å². The van der Waals surface area contributed by atoms with Gasteiger partial charge in [-0.15, -0.1) is 0 Å². The number of hydrogen-bond donors (Lipinski definition) is 0. The highest BCUT2D eigenvalue weighted by Gasteiger charge is 2.17. The maximum atomic E-state index is 12.2. The fraction of sp³-hybridized carbons (Fsp3) is 0.462. The molecular weight excluding hydrogens is 332 g/mol. The molecule has 88 valence electrons. The summed E-state index contributed by atoms with van der Waals surface area (Å²) in [6, 6.07) is 3.89. The molecule has 0 N–H and O–H groups in total. The fourth-order valence-electron chi connectivity index (χ4n) is 1.66. The Morgan fingerprint density at radius 2 is 1.94 bits per heavy atom. The Labute approximate surface area is 114 Å². The van der Waals surface area contributed by atoms with Gasteiger partial charge >= 0.3 is 0 Å². The van der Waals surface area contributed by atoms with Crippen molar-refractivity contribution >= 4 is 37.6 Å². The first-order valence-corrected chi connectivity index (χ1v) is 7.05. The van der Waals surface area contributed by atoms with E-state index in [2.05, 4.69) is 38.8 Å². The van der Waals surface area contributed by atoms with Crippen molar-refractivity contribution in [1.82, 2.24) is 0 Å². The fourth-order valence-corrected chi connectivity index (χ4v) is 2.66. The highest BCUT2D eigenvalue weighted by atomic mass is 79.9. The number of rotatable bonds is 4. The number of carbonyl (C=O) groups is 1. The Kier molecular flexibility index (Phi) is 5.19. The Hall–Kier alpha value is -0.150. The lowest BCUT2D eigenvalue weighted by Gasteiger charge is -2.12. The van der Waals surface area contributed by atoms with Crippen molar-refractivity contribution in [1.29, 1.82) is 0 Å². The van der Waals surface area contributed by atoms with Crippen LogP contribution >= 0.6 is 31.9 Å². The predicted molar refractivity (Wildman–Crippen MR) is 75.0 cm³/mol. The van der Waals surface area contributed by atoms with E-state index >= 15 is 0 Å². The SMILES string of the molecule is CCCC(C)C(=O)c1cc(Br)c(C)cc1Br. The van der Waals surface area contributed by atoms with E-state index in [4.69, 9.17) is 0 Å². The average molecular weight is 348 g/mol. The summed E-state index contributed by atoms with van der Waals surface area (Å²) in [5.74, 6) is 0.310. The van der Waals surface area contributed by atoms with Crippen LogP contribution in [0.1, 0.15) is 42.6 Å². The normalized spacial score (nSPS) is 12.6. The van der Waals surface area contributed by atoms with Crippen LogP contribution in [0.5, 0.6) is 0 Å². The van der Waals surface area contributed by atoms with Gasteiger partial charge in [-0.3, -0.25) is 4.79 Å². The molecule has 0 amide bonds. The first-order valence-electron chi connectivity index (χ1n) is 5.47. The van der Waals surface area contributed by atoms with Crippen LogP contribution in [0.3, 0.4) is 0 Å². The number of aryl methyl sites for hydroxylation is 1. The van der Waals surface area contributed by atoms with Gasteiger partial charge in [-0.05, 0) is 31.0 Å². The predicted octanol–water partition coefficient (Wildman–Crippen LogP) is 5.14. The first kappa shape index (κ1) is 13.9. The summed E-state index contributed by atoms with van der Waals surface area (Å²) < 4.78 is 1.88. The van der Waals surface area contributed by atoms with Crippen molar-refractivity contribution in [3.8, 4) is 0 Å². The Morgan fingerprint density at radius 1 is 1.31 bits per heavy atom. The van der Waals surface area contributed by atoms with Gasteiger partial charge in [-0.25, -0.2) is 0 Å². The molecule has 0 saturated heterocycles. The van der Waals surface area contributed by atoms with Crippen molar-refractivity contribution in [2.45, 2.75) is 33.6 Å². The van der Waals surface area contributed by atoms with E-state index < -0.39 is 0 Å². The third-order valence-electron chi connectivity index (χ3n) is 2.68. The zero-order chi connectivity index (χ0) is 12.3. The number of ketones is 1. The van der Waals surface area contributed by atoms with E-state index in [0.29, 0.717) is 0 Å². The van der Waals surface area contributed by atoms with Crippen LogP contribution < -0.4 is 0 Å². The van der Waals surface area contributed by atoms with Gasteiger partial charge in [0.1, 0.15) is 0 Å². The van der Waals surface area contributed by atoms with Gasteiger partial charge in [0.15, 0.2) is 5.78 Å². The highest BCUT2D eigenvalue weighted by Crippen LogP contribution is 2.28. The minimum atomic E-state index is 0.0934. The molecule has 0 aliphatic heterocycles. The summed E-state index contributed by atoms with van der Waals surface area (Å²) in [4.78, 5) is 12.2. The van der Waals surface area contributed by atoms with Gasteiger partial charge in [-0.1, -0.05) is 52.1 Å². The second-order valence-corrected chi connectivity index (χ2v) is 5.84. The third kappa shape index (κ3) is 3.17. The average Bonchev–Trinajstić information content (AvgIpc) is 2.23. The number of carbonyl (C=O) groups excluding carboxylic acids is 1. The van der Waals surface area contributed by atoms with Crippen LogP contribution in [-0.2, 0) is 0 Å². The van der Waals surface area contributed by atoms with Gasteiger partial charge in [0.2, 0.25) is 0 Å². The molecule has 1 aromatic carbocycles. The maximum Gasteiger partial charge on any atom is 0.166 e. The van der Waals surface area contributed by atoms with Crippen molar-refractivity contribution in [3.63, 3.8) is 0 Å². The van der Waals surface area contributed by atoms with Gasteiger partial charge in [0.05, 0.1) is 0 Å². The van der Waals surface area contributed by atoms with Crippen LogP contribution in [0.2, 0.25) is 0 Å². The quantitative estimate of drug-likeness (QED) is 0.689.